The zero-order chi connectivity index (χ0) is 10.7. The molecule has 0 radical (unpaired) electrons. The maximum atomic E-state index is 4.31. The molecule has 3 nitrogen and oxygen atoms in total. The highest BCUT2D eigenvalue weighted by atomic mass is 32.1. The third kappa shape index (κ3) is 2.56. The van der Waals surface area contributed by atoms with Crippen LogP contribution in [0.25, 0.3) is 0 Å². The maximum Gasteiger partial charge on any atom is 0.0798 e. The van der Waals surface area contributed by atoms with Gasteiger partial charge in [0.15, 0.2) is 0 Å². The predicted molar refractivity (Wildman–Crippen MR) is 64.2 cm³/mol. The Morgan fingerprint density at radius 2 is 2.53 bits per heavy atom. The number of likely N-dealkylation sites (tertiary alicyclic amines) is 1. The van der Waals surface area contributed by atoms with E-state index in [2.05, 4.69) is 22.1 Å². The summed E-state index contributed by atoms with van der Waals surface area (Å²) in [5.74, 6) is 0. The number of hydrogen-bond acceptors (Lipinski definition) is 4. The van der Waals surface area contributed by atoms with Crippen molar-refractivity contribution in [3.63, 3.8) is 0 Å². The number of nitrogens with one attached hydrogen (secondary N) is 1. The summed E-state index contributed by atoms with van der Waals surface area (Å²) < 4.78 is 0. The van der Waals surface area contributed by atoms with Crippen LogP contribution < -0.4 is 5.32 Å². The molecule has 2 heterocycles. The smallest absolute Gasteiger partial charge is 0.0798 e. The lowest BCUT2D eigenvalue weighted by Crippen LogP contribution is -2.36. The quantitative estimate of drug-likeness (QED) is 0.844. The average Bonchev–Trinajstić information content (AvgIpc) is 2.80. The fourth-order valence-electron chi connectivity index (χ4n) is 2.23. The number of aryl methyl sites for hydroxylation is 1. The zero-order valence-electron chi connectivity index (χ0n) is 9.49. The fraction of sp³-hybridized carbons (Fsp3) is 0.727. The predicted octanol–water partition coefficient (Wildman–Crippen LogP) is 1.64. The lowest BCUT2D eigenvalue weighted by Gasteiger charge is -2.23. The average molecular weight is 225 g/mol. The minimum atomic E-state index is 0.719. The first-order chi connectivity index (χ1) is 7.31. The van der Waals surface area contributed by atoms with Crippen LogP contribution >= 0.6 is 11.3 Å². The monoisotopic (exact) mass is 225 g/mol. The summed E-state index contributed by atoms with van der Waals surface area (Å²) in [6.45, 7) is 5.54. The van der Waals surface area contributed by atoms with Crippen molar-refractivity contribution in [2.24, 2.45) is 0 Å². The Bertz CT molecular complexity index is 311. The number of rotatable bonds is 4. The Balaban J connectivity index is 1.96. The number of hydrogen-bond donors (Lipinski definition) is 1. The van der Waals surface area contributed by atoms with Crippen molar-refractivity contribution in [2.45, 2.75) is 32.4 Å². The van der Waals surface area contributed by atoms with Crippen LogP contribution in [0.5, 0.6) is 0 Å². The molecule has 1 atom stereocenters. The Labute approximate surface area is 95.5 Å². The van der Waals surface area contributed by atoms with Crippen molar-refractivity contribution in [1.29, 1.82) is 0 Å². The summed E-state index contributed by atoms with van der Waals surface area (Å²) in [5, 5.41) is 3.28. The van der Waals surface area contributed by atoms with Gasteiger partial charge in [-0.2, -0.15) is 0 Å². The second-order valence-corrected chi connectivity index (χ2v) is 5.12. The highest BCUT2D eigenvalue weighted by molar-refractivity contribution is 7.09. The second kappa shape index (κ2) is 5.05. The molecule has 0 aliphatic carbocycles. The lowest BCUT2D eigenvalue weighted by atomic mass is 10.2. The van der Waals surface area contributed by atoms with E-state index in [-0.39, 0.29) is 0 Å². The van der Waals surface area contributed by atoms with Crippen molar-refractivity contribution in [3.8, 4) is 0 Å². The molecule has 1 aliphatic heterocycles. The second-order valence-electron chi connectivity index (χ2n) is 4.19. The molecule has 1 saturated heterocycles. The largest absolute Gasteiger partial charge is 0.318 e. The molecule has 15 heavy (non-hydrogen) atoms. The van der Waals surface area contributed by atoms with E-state index in [4.69, 9.17) is 0 Å². The van der Waals surface area contributed by atoms with Gasteiger partial charge in [-0.3, -0.25) is 4.90 Å². The van der Waals surface area contributed by atoms with Gasteiger partial charge in [-0.15, -0.1) is 11.3 Å². The summed E-state index contributed by atoms with van der Waals surface area (Å²) >= 11 is 1.78. The standard InChI is InChI=1S/C11H19N3S/c1-9-11(15-8-13-9)7-14-5-3-4-10(14)6-12-2/h8,10,12H,3-7H2,1-2H3. The molecule has 1 fully saturated rings. The molecule has 1 aromatic rings. The van der Waals surface area contributed by atoms with Gasteiger partial charge in [-0.1, -0.05) is 0 Å². The van der Waals surface area contributed by atoms with Crippen molar-refractivity contribution in [3.05, 3.63) is 16.1 Å². The van der Waals surface area contributed by atoms with Gasteiger partial charge in [-0.05, 0) is 33.4 Å². The van der Waals surface area contributed by atoms with Gasteiger partial charge >= 0.3 is 0 Å². The molecule has 2 rings (SSSR count). The molecule has 0 bridgehead atoms. The van der Waals surface area contributed by atoms with Gasteiger partial charge in [-0.25, -0.2) is 4.98 Å². The first-order valence-electron chi connectivity index (χ1n) is 5.59. The van der Waals surface area contributed by atoms with Gasteiger partial charge < -0.3 is 5.32 Å². The van der Waals surface area contributed by atoms with Gasteiger partial charge in [0.2, 0.25) is 0 Å². The molecule has 0 aromatic carbocycles. The summed E-state index contributed by atoms with van der Waals surface area (Å²) in [6, 6.07) is 0.719. The minimum absolute atomic E-state index is 0.719. The van der Waals surface area contributed by atoms with E-state index in [1.807, 2.05) is 12.6 Å². The van der Waals surface area contributed by atoms with E-state index in [0.29, 0.717) is 0 Å². The molecule has 84 valence electrons. The van der Waals surface area contributed by atoms with E-state index in [0.717, 1.165) is 19.1 Å². The molecule has 0 amide bonds. The van der Waals surface area contributed by atoms with E-state index < -0.39 is 0 Å². The van der Waals surface area contributed by atoms with Crippen LogP contribution in [-0.4, -0.2) is 36.1 Å². The Morgan fingerprint density at radius 3 is 3.20 bits per heavy atom. The van der Waals surface area contributed by atoms with Gasteiger partial charge in [0.1, 0.15) is 0 Å². The Hall–Kier alpha value is -0.450. The molecule has 1 unspecified atom stereocenters. The van der Waals surface area contributed by atoms with Gasteiger partial charge in [0.25, 0.3) is 0 Å². The van der Waals surface area contributed by atoms with Crippen LogP contribution in [0.1, 0.15) is 23.4 Å². The van der Waals surface area contributed by atoms with Crippen molar-refractivity contribution in [1.82, 2.24) is 15.2 Å². The van der Waals surface area contributed by atoms with Crippen LogP contribution in [0.15, 0.2) is 5.51 Å². The van der Waals surface area contributed by atoms with Gasteiger partial charge in [0.05, 0.1) is 11.2 Å². The highest BCUT2D eigenvalue weighted by Crippen LogP contribution is 2.22. The van der Waals surface area contributed by atoms with Crippen molar-refractivity contribution >= 4 is 11.3 Å². The molecule has 0 spiro atoms. The first-order valence-corrected chi connectivity index (χ1v) is 6.47. The van der Waals surface area contributed by atoms with Crippen molar-refractivity contribution in [2.75, 3.05) is 20.1 Å². The third-order valence-corrected chi connectivity index (χ3v) is 4.05. The van der Waals surface area contributed by atoms with Crippen LogP contribution in [0.2, 0.25) is 0 Å². The van der Waals surface area contributed by atoms with Gasteiger partial charge in [0, 0.05) is 24.0 Å². The summed E-state index contributed by atoms with van der Waals surface area (Å²) in [6.07, 6.45) is 2.67. The van der Waals surface area contributed by atoms with Crippen LogP contribution in [0.3, 0.4) is 0 Å². The normalized spacial score (nSPS) is 22.4. The number of nitrogens with zero attached hydrogens (tertiary/aromatic N) is 2. The molecule has 1 aromatic heterocycles. The van der Waals surface area contributed by atoms with E-state index >= 15 is 0 Å². The SMILES string of the molecule is CNCC1CCCN1Cc1scnc1C. The van der Waals surface area contributed by atoms with Crippen LogP contribution in [-0.2, 0) is 6.54 Å². The van der Waals surface area contributed by atoms with E-state index in [1.165, 1.54) is 30.0 Å². The summed E-state index contributed by atoms with van der Waals surface area (Å²) in [7, 11) is 2.04. The summed E-state index contributed by atoms with van der Waals surface area (Å²) in [4.78, 5) is 8.32. The van der Waals surface area contributed by atoms with E-state index in [9.17, 15) is 0 Å². The number of likely N-dealkylation sites (N-methyl/N-ethyl adjacent to an activating group) is 1. The highest BCUT2D eigenvalue weighted by Gasteiger charge is 2.24. The lowest BCUT2D eigenvalue weighted by molar-refractivity contribution is 0.244. The minimum Gasteiger partial charge on any atom is -0.318 e. The maximum absolute atomic E-state index is 4.31. The third-order valence-electron chi connectivity index (χ3n) is 3.13. The fourth-order valence-corrected chi connectivity index (χ4v) is 3.03. The Kier molecular flexibility index (Phi) is 3.72. The van der Waals surface area contributed by atoms with E-state index in [1.54, 1.807) is 11.3 Å². The first kappa shape index (κ1) is 11.0. The molecule has 0 saturated carbocycles. The molecule has 4 heteroatoms. The molecule has 1 N–H and O–H groups in total. The molecular formula is C11H19N3S. The number of thiazole rings is 1. The Morgan fingerprint density at radius 1 is 1.67 bits per heavy atom. The number of aromatic nitrogens is 1. The summed E-state index contributed by atoms with van der Waals surface area (Å²) in [5.41, 5.74) is 3.16. The van der Waals surface area contributed by atoms with Crippen LogP contribution in [0.4, 0.5) is 0 Å². The molecule has 1 aliphatic rings. The van der Waals surface area contributed by atoms with Crippen LogP contribution in [0, 0.1) is 6.92 Å². The zero-order valence-corrected chi connectivity index (χ0v) is 10.3. The molecular weight excluding hydrogens is 206 g/mol. The topological polar surface area (TPSA) is 28.2 Å². The van der Waals surface area contributed by atoms with Crippen molar-refractivity contribution < 1.29 is 0 Å².